The summed E-state index contributed by atoms with van der Waals surface area (Å²) in [5.41, 5.74) is 8.17. The van der Waals surface area contributed by atoms with Gasteiger partial charge in [0.1, 0.15) is 0 Å². The van der Waals surface area contributed by atoms with Crippen LogP contribution in [0.5, 0.6) is 0 Å². The number of rotatable bonds is 4. The Balaban J connectivity index is 2.22. The molecular formula is C16H21N3OS. The average molecular weight is 303 g/mol. The summed E-state index contributed by atoms with van der Waals surface area (Å²) >= 11 is 1.66. The predicted octanol–water partition coefficient (Wildman–Crippen LogP) is 3.23. The Labute approximate surface area is 129 Å². The topological polar surface area (TPSA) is 49.6 Å². The molecule has 0 radical (unpaired) electrons. The summed E-state index contributed by atoms with van der Waals surface area (Å²) in [7, 11) is 5.68. The Hall–Kier alpha value is -2.01. The highest BCUT2D eigenvalue weighted by Gasteiger charge is 2.20. The van der Waals surface area contributed by atoms with E-state index in [0.717, 1.165) is 5.69 Å². The molecule has 2 N–H and O–H groups in total. The Kier molecular flexibility index (Phi) is 4.53. The zero-order valence-electron chi connectivity index (χ0n) is 12.8. The highest BCUT2D eigenvalue weighted by Crippen LogP contribution is 2.27. The normalized spacial score (nSPS) is 12.0. The first-order chi connectivity index (χ1) is 9.91. The van der Waals surface area contributed by atoms with E-state index in [1.807, 2.05) is 62.6 Å². The Bertz CT molecular complexity index is 622. The summed E-state index contributed by atoms with van der Waals surface area (Å²) in [5.74, 6) is -0.0205. The fraction of sp³-hybridized carbons (Fsp3) is 0.312. The Morgan fingerprint density at radius 1 is 1.24 bits per heavy atom. The predicted molar refractivity (Wildman–Crippen MR) is 90.0 cm³/mol. The maximum atomic E-state index is 12.6. The molecule has 0 saturated heterocycles. The van der Waals surface area contributed by atoms with E-state index in [0.29, 0.717) is 11.3 Å². The van der Waals surface area contributed by atoms with Crippen LogP contribution in [0.3, 0.4) is 0 Å². The van der Waals surface area contributed by atoms with Gasteiger partial charge in [0.2, 0.25) is 0 Å². The first-order valence-corrected chi connectivity index (χ1v) is 7.67. The van der Waals surface area contributed by atoms with Crippen LogP contribution in [0.25, 0.3) is 0 Å². The molecule has 0 spiro atoms. The molecule has 0 fully saturated rings. The van der Waals surface area contributed by atoms with Gasteiger partial charge < -0.3 is 15.5 Å². The SMILES string of the molecule is CC(c1cccs1)N(C)C(=O)c1ccc(N(C)C)c(N)c1. The van der Waals surface area contributed by atoms with Crippen molar-refractivity contribution in [2.45, 2.75) is 13.0 Å². The number of nitrogen functional groups attached to an aromatic ring is 1. The number of hydrogen-bond donors (Lipinski definition) is 1. The number of nitrogens with two attached hydrogens (primary N) is 1. The lowest BCUT2D eigenvalue weighted by atomic mass is 10.1. The summed E-state index contributed by atoms with van der Waals surface area (Å²) in [6.07, 6.45) is 0. The second kappa shape index (κ2) is 6.18. The minimum absolute atomic E-state index is 0.0205. The molecule has 5 heteroatoms. The first-order valence-electron chi connectivity index (χ1n) is 6.79. The molecule has 21 heavy (non-hydrogen) atoms. The van der Waals surface area contributed by atoms with Crippen molar-refractivity contribution in [3.8, 4) is 0 Å². The van der Waals surface area contributed by atoms with Gasteiger partial charge in [-0.15, -0.1) is 11.3 Å². The zero-order chi connectivity index (χ0) is 15.6. The van der Waals surface area contributed by atoms with Gasteiger partial charge >= 0.3 is 0 Å². The van der Waals surface area contributed by atoms with Crippen molar-refractivity contribution in [2.24, 2.45) is 0 Å². The molecule has 4 nitrogen and oxygen atoms in total. The largest absolute Gasteiger partial charge is 0.397 e. The number of thiophene rings is 1. The van der Waals surface area contributed by atoms with Gasteiger partial charge in [-0.2, -0.15) is 0 Å². The van der Waals surface area contributed by atoms with Crippen LogP contribution >= 0.6 is 11.3 Å². The summed E-state index contributed by atoms with van der Waals surface area (Å²) < 4.78 is 0. The molecule has 2 aromatic rings. The molecule has 1 unspecified atom stereocenters. The molecule has 1 aromatic carbocycles. The van der Waals surface area contributed by atoms with Crippen LogP contribution < -0.4 is 10.6 Å². The van der Waals surface area contributed by atoms with E-state index in [-0.39, 0.29) is 11.9 Å². The Morgan fingerprint density at radius 2 is 1.95 bits per heavy atom. The molecular weight excluding hydrogens is 282 g/mol. The summed E-state index contributed by atoms with van der Waals surface area (Å²) in [6, 6.07) is 9.54. The molecule has 112 valence electrons. The lowest BCUT2D eigenvalue weighted by Crippen LogP contribution is -2.29. The highest BCUT2D eigenvalue weighted by atomic mass is 32.1. The molecule has 1 heterocycles. The molecule has 0 aliphatic rings. The highest BCUT2D eigenvalue weighted by molar-refractivity contribution is 7.10. The molecule has 0 bridgehead atoms. The maximum Gasteiger partial charge on any atom is 0.254 e. The van der Waals surface area contributed by atoms with Crippen LogP contribution in [0.15, 0.2) is 35.7 Å². The summed E-state index contributed by atoms with van der Waals surface area (Å²) in [4.78, 5) is 17.4. The number of carbonyl (C=O) groups is 1. The first kappa shape index (κ1) is 15.4. The van der Waals surface area contributed by atoms with Gasteiger partial charge in [0.15, 0.2) is 0 Å². The third kappa shape index (κ3) is 3.19. The fourth-order valence-electron chi connectivity index (χ4n) is 2.19. The maximum absolute atomic E-state index is 12.6. The molecule has 1 amide bonds. The van der Waals surface area contributed by atoms with Gasteiger partial charge in [-0.25, -0.2) is 0 Å². The van der Waals surface area contributed by atoms with Gasteiger partial charge in [-0.05, 0) is 36.6 Å². The zero-order valence-corrected chi connectivity index (χ0v) is 13.6. The van der Waals surface area contributed by atoms with Crippen molar-refractivity contribution >= 4 is 28.6 Å². The van der Waals surface area contributed by atoms with Crippen molar-refractivity contribution in [3.63, 3.8) is 0 Å². The van der Waals surface area contributed by atoms with Crippen molar-refractivity contribution in [2.75, 3.05) is 31.8 Å². The minimum atomic E-state index is -0.0205. The van der Waals surface area contributed by atoms with Crippen LogP contribution in [0.1, 0.15) is 28.2 Å². The molecule has 2 rings (SSSR count). The van der Waals surface area contributed by atoms with Gasteiger partial charge in [-0.1, -0.05) is 6.07 Å². The van der Waals surface area contributed by atoms with Crippen LogP contribution in [-0.2, 0) is 0 Å². The molecule has 0 saturated carbocycles. The quantitative estimate of drug-likeness (QED) is 0.882. The third-order valence-corrected chi connectivity index (χ3v) is 4.66. The molecule has 0 aliphatic heterocycles. The van der Waals surface area contributed by atoms with Gasteiger partial charge in [0, 0.05) is 31.6 Å². The number of nitrogens with zero attached hydrogens (tertiary/aromatic N) is 2. The Morgan fingerprint density at radius 3 is 2.48 bits per heavy atom. The van der Waals surface area contributed by atoms with Crippen LogP contribution in [0.4, 0.5) is 11.4 Å². The number of hydrogen-bond acceptors (Lipinski definition) is 4. The van der Waals surface area contributed by atoms with E-state index in [2.05, 4.69) is 0 Å². The van der Waals surface area contributed by atoms with E-state index in [1.54, 1.807) is 22.3 Å². The fourth-order valence-corrected chi connectivity index (χ4v) is 3.02. The second-order valence-electron chi connectivity index (χ2n) is 5.28. The third-order valence-electron chi connectivity index (χ3n) is 3.61. The smallest absolute Gasteiger partial charge is 0.254 e. The average Bonchev–Trinajstić information content (AvgIpc) is 2.98. The van der Waals surface area contributed by atoms with Crippen LogP contribution in [0.2, 0.25) is 0 Å². The minimum Gasteiger partial charge on any atom is -0.397 e. The standard InChI is InChI=1S/C16H21N3OS/c1-11(15-6-5-9-21-15)19(4)16(20)12-7-8-14(18(2)3)13(17)10-12/h5-11H,17H2,1-4H3. The van der Waals surface area contributed by atoms with E-state index < -0.39 is 0 Å². The van der Waals surface area contributed by atoms with Crippen molar-refractivity contribution < 1.29 is 4.79 Å². The van der Waals surface area contributed by atoms with Crippen molar-refractivity contribution in [1.29, 1.82) is 0 Å². The van der Waals surface area contributed by atoms with Crippen LogP contribution in [0, 0.1) is 0 Å². The van der Waals surface area contributed by atoms with Gasteiger partial charge in [0.05, 0.1) is 17.4 Å². The second-order valence-corrected chi connectivity index (χ2v) is 6.25. The van der Waals surface area contributed by atoms with Crippen LogP contribution in [-0.4, -0.2) is 32.0 Å². The van der Waals surface area contributed by atoms with E-state index in [4.69, 9.17) is 5.73 Å². The molecule has 1 atom stereocenters. The van der Waals surface area contributed by atoms with E-state index in [9.17, 15) is 4.79 Å². The number of anilines is 2. The van der Waals surface area contributed by atoms with Gasteiger partial charge in [-0.3, -0.25) is 4.79 Å². The number of amides is 1. The summed E-state index contributed by atoms with van der Waals surface area (Å²) in [5, 5.41) is 2.02. The molecule has 1 aromatic heterocycles. The summed E-state index contributed by atoms with van der Waals surface area (Å²) in [6.45, 7) is 2.03. The lowest BCUT2D eigenvalue weighted by molar-refractivity contribution is 0.0745. The molecule has 0 aliphatic carbocycles. The van der Waals surface area contributed by atoms with Gasteiger partial charge in [0.25, 0.3) is 5.91 Å². The van der Waals surface area contributed by atoms with Crippen molar-refractivity contribution in [3.05, 3.63) is 46.2 Å². The van der Waals surface area contributed by atoms with E-state index >= 15 is 0 Å². The lowest BCUT2D eigenvalue weighted by Gasteiger charge is -2.25. The number of benzene rings is 1. The number of carbonyl (C=O) groups excluding carboxylic acids is 1. The van der Waals surface area contributed by atoms with Crippen molar-refractivity contribution in [1.82, 2.24) is 4.90 Å². The van der Waals surface area contributed by atoms with E-state index in [1.165, 1.54) is 4.88 Å². The monoisotopic (exact) mass is 303 g/mol.